The third-order valence-corrected chi connectivity index (χ3v) is 2.00. The normalized spacial score (nSPS) is 10.4. The molecule has 0 bridgehead atoms. The van der Waals surface area contributed by atoms with Gasteiger partial charge in [-0.1, -0.05) is 37.3 Å². The fourth-order valence-corrected chi connectivity index (χ4v) is 1.36. The summed E-state index contributed by atoms with van der Waals surface area (Å²) in [6.45, 7) is 2.97. The van der Waals surface area contributed by atoms with E-state index in [1.54, 1.807) is 0 Å². The fourth-order valence-electron chi connectivity index (χ4n) is 1.36. The molecule has 0 aliphatic rings. The van der Waals surface area contributed by atoms with Crippen LogP contribution >= 0.6 is 0 Å². The molecule has 0 saturated heterocycles. The Morgan fingerprint density at radius 1 is 1.21 bits per heavy atom. The molecule has 0 spiro atoms. The standard InChI is InChI=1S/C10H12N4/c1-2-8-14-10(11-12-13-14)9-6-4-3-5-7-9/h3-7H,2,8H2,1H3. The highest BCUT2D eigenvalue weighted by Gasteiger charge is 2.06. The molecule has 0 aliphatic carbocycles. The lowest BCUT2D eigenvalue weighted by molar-refractivity contribution is 0.583. The second-order valence-corrected chi connectivity index (χ2v) is 3.09. The van der Waals surface area contributed by atoms with Crippen molar-refractivity contribution < 1.29 is 0 Å². The molecule has 4 heteroatoms. The van der Waals surface area contributed by atoms with Crippen molar-refractivity contribution in [2.45, 2.75) is 19.9 Å². The molecule has 72 valence electrons. The van der Waals surface area contributed by atoms with Crippen LogP contribution in [0.15, 0.2) is 30.3 Å². The van der Waals surface area contributed by atoms with Crippen LogP contribution in [0.3, 0.4) is 0 Å². The first kappa shape index (κ1) is 8.87. The van der Waals surface area contributed by atoms with Gasteiger partial charge in [-0.25, -0.2) is 4.68 Å². The van der Waals surface area contributed by atoms with Gasteiger partial charge in [0.1, 0.15) is 0 Å². The molecule has 0 aliphatic heterocycles. The average Bonchev–Trinajstić information content (AvgIpc) is 2.68. The van der Waals surface area contributed by atoms with E-state index in [1.165, 1.54) is 0 Å². The molecule has 0 saturated carbocycles. The van der Waals surface area contributed by atoms with Crippen molar-refractivity contribution >= 4 is 0 Å². The van der Waals surface area contributed by atoms with E-state index in [4.69, 9.17) is 0 Å². The van der Waals surface area contributed by atoms with Crippen molar-refractivity contribution in [1.82, 2.24) is 20.2 Å². The van der Waals surface area contributed by atoms with Gasteiger partial charge in [0.05, 0.1) is 0 Å². The second-order valence-electron chi connectivity index (χ2n) is 3.09. The molecule has 0 atom stereocenters. The van der Waals surface area contributed by atoms with Crippen LogP contribution in [0.2, 0.25) is 0 Å². The van der Waals surface area contributed by atoms with Gasteiger partial charge in [-0.3, -0.25) is 0 Å². The van der Waals surface area contributed by atoms with E-state index < -0.39 is 0 Å². The van der Waals surface area contributed by atoms with Crippen molar-refractivity contribution in [2.24, 2.45) is 0 Å². The lowest BCUT2D eigenvalue weighted by atomic mass is 10.2. The highest BCUT2D eigenvalue weighted by atomic mass is 15.5. The van der Waals surface area contributed by atoms with Gasteiger partial charge in [-0.2, -0.15) is 0 Å². The molecule has 0 N–H and O–H groups in total. The largest absolute Gasteiger partial charge is 0.225 e. The summed E-state index contributed by atoms with van der Waals surface area (Å²) in [7, 11) is 0. The van der Waals surface area contributed by atoms with Crippen LogP contribution in [-0.2, 0) is 6.54 Å². The summed E-state index contributed by atoms with van der Waals surface area (Å²) >= 11 is 0. The smallest absolute Gasteiger partial charge is 0.182 e. The van der Waals surface area contributed by atoms with Crippen molar-refractivity contribution in [3.05, 3.63) is 30.3 Å². The van der Waals surface area contributed by atoms with Crippen LogP contribution in [0.5, 0.6) is 0 Å². The Labute approximate surface area is 82.6 Å². The van der Waals surface area contributed by atoms with Crippen molar-refractivity contribution in [1.29, 1.82) is 0 Å². The minimum Gasteiger partial charge on any atom is -0.225 e. The highest BCUT2D eigenvalue weighted by Crippen LogP contribution is 2.14. The molecule has 2 rings (SSSR count). The first-order valence-corrected chi connectivity index (χ1v) is 4.73. The topological polar surface area (TPSA) is 43.6 Å². The number of nitrogens with zero attached hydrogens (tertiary/aromatic N) is 4. The van der Waals surface area contributed by atoms with Crippen LogP contribution < -0.4 is 0 Å². The van der Waals surface area contributed by atoms with Crippen molar-refractivity contribution in [3.63, 3.8) is 0 Å². The zero-order valence-electron chi connectivity index (χ0n) is 8.09. The van der Waals surface area contributed by atoms with E-state index in [2.05, 4.69) is 22.4 Å². The molecule has 0 unspecified atom stereocenters. The van der Waals surface area contributed by atoms with E-state index in [-0.39, 0.29) is 0 Å². The van der Waals surface area contributed by atoms with Gasteiger partial charge in [-0.05, 0) is 16.8 Å². The molecular weight excluding hydrogens is 176 g/mol. The van der Waals surface area contributed by atoms with Crippen LogP contribution in [0.25, 0.3) is 11.4 Å². The van der Waals surface area contributed by atoms with Gasteiger partial charge in [0.25, 0.3) is 0 Å². The lowest BCUT2D eigenvalue weighted by Gasteiger charge is -2.01. The number of aromatic nitrogens is 4. The molecular formula is C10H12N4. The molecule has 2 aromatic rings. The van der Waals surface area contributed by atoms with E-state index in [0.29, 0.717) is 0 Å². The van der Waals surface area contributed by atoms with Crippen molar-refractivity contribution in [3.8, 4) is 11.4 Å². The maximum Gasteiger partial charge on any atom is 0.182 e. The molecule has 1 aromatic carbocycles. The second kappa shape index (κ2) is 4.00. The summed E-state index contributed by atoms with van der Waals surface area (Å²) in [6.07, 6.45) is 1.03. The highest BCUT2D eigenvalue weighted by molar-refractivity contribution is 5.53. The van der Waals surface area contributed by atoms with Gasteiger partial charge < -0.3 is 0 Å². The van der Waals surface area contributed by atoms with Crippen LogP contribution in [0.4, 0.5) is 0 Å². The Balaban J connectivity index is 2.37. The maximum atomic E-state index is 4.01. The van der Waals surface area contributed by atoms with Crippen LogP contribution in [0.1, 0.15) is 13.3 Å². The molecule has 14 heavy (non-hydrogen) atoms. The van der Waals surface area contributed by atoms with Crippen LogP contribution in [0, 0.1) is 0 Å². The van der Waals surface area contributed by atoms with Gasteiger partial charge in [0, 0.05) is 12.1 Å². The first-order chi connectivity index (χ1) is 6.92. The summed E-state index contributed by atoms with van der Waals surface area (Å²) in [5.74, 6) is 0.840. The van der Waals surface area contributed by atoms with Crippen molar-refractivity contribution in [2.75, 3.05) is 0 Å². The Kier molecular flexibility index (Phi) is 2.53. The maximum absolute atomic E-state index is 4.01. The number of benzene rings is 1. The van der Waals surface area contributed by atoms with Gasteiger partial charge >= 0.3 is 0 Å². The van der Waals surface area contributed by atoms with Gasteiger partial charge in [-0.15, -0.1) is 5.10 Å². The van der Waals surface area contributed by atoms with Crippen LogP contribution in [-0.4, -0.2) is 20.2 Å². The zero-order valence-corrected chi connectivity index (χ0v) is 8.09. The minimum atomic E-state index is 0.840. The Hall–Kier alpha value is -1.71. The van der Waals surface area contributed by atoms with Gasteiger partial charge in [0.2, 0.25) is 0 Å². The Morgan fingerprint density at radius 2 is 2.00 bits per heavy atom. The van der Waals surface area contributed by atoms with E-state index >= 15 is 0 Å². The number of hydrogen-bond donors (Lipinski definition) is 0. The molecule has 0 fully saturated rings. The Morgan fingerprint density at radius 3 is 2.71 bits per heavy atom. The minimum absolute atomic E-state index is 0.840. The van der Waals surface area contributed by atoms with E-state index in [1.807, 2.05) is 35.0 Å². The van der Waals surface area contributed by atoms with Gasteiger partial charge in [0.15, 0.2) is 5.82 Å². The molecule has 1 aromatic heterocycles. The Bertz CT molecular complexity index is 394. The molecule has 0 radical (unpaired) electrons. The molecule has 0 amide bonds. The number of tetrazole rings is 1. The quantitative estimate of drug-likeness (QED) is 0.737. The molecule has 1 heterocycles. The summed E-state index contributed by atoms with van der Waals surface area (Å²) in [5, 5.41) is 11.6. The van der Waals surface area contributed by atoms with E-state index in [9.17, 15) is 0 Å². The zero-order chi connectivity index (χ0) is 9.80. The predicted molar refractivity (Wildman–Crippen MR) is 53.5 cm³/mol. The predicted octanol–water partition coefficient (Wildman–Crippen LogP) is 1.75. The SMILES string of the molecule is CCCn1nnnc1-c1ccccc1. The number of rotatable bonds is 3. The monoisotopic (exact) mass is 188 g/mol. The summed E-state index contributed by atoms with van der Waals surface area (Å²) < 4.78 is 1.83. The molecule has 4 nitrogen and oxygen atoms in total. The average molecular weight is 188 g/mol. The lowest BCUT2D eigenvalue weighted by Crippen LogP contribution is -2.01. The number of aryl methyl sites for hydroxylation is 1. The van der Waals surface area contributed by atoms with E-state index in [0.717, 1.165) is 24.4 Å². The first-order valence-electron chi connectivity index (χ1n) is 4.73. The third-order valence-electron chi connectivity index (χ3n) is 2.00. The third kappa shape index (κ3) is 1.64. The number of hydrogen-bond acceptors (Lipinski definition) is 3. The summed E-state index contributed by atoms with van der Waals surface area (Å²) in [6, 6.07) is 9.98. The summed E-state index contributed by atoms with van der Waals surface area (Å²) in [4.78, 5) is 0. The fraction of sp³-hybridized carbons (Fsp3) is 0.300. The summed E-state index contributed by atoms with van der Waals surface area (Å²) in [5.41, 5.74) is 1.06.